The van der Waals surface area contributed by atoms with Gasteiger partial charge in [0.05, 0.1) is 11.1 Å². The van der Waals surface area contributed by atoms with Gasteiger partial charge < -0.3 is 10.5 Å². The lowest BCUT2D eigenvalue weighted by Crippen LogP contribution is -2.21. The third-order valence-electron chi connectivity index (χ3n) is 1.93. The van der Waals surface area contributed by atoms with Gasteiger partial charge in [0.25, 0.3) is 0 Å². The second-order valence-electron chi connectivity index (χ2n) is 3.75. The molecule has 0 spiro atoms. The first-order valence-corrected chi connectivity index (χ1v) is 5.37. The number of hydrogen-bond donors (Lipinski definition) is 1. The van der Waals surface area contributed by atoms with Crippen molar-refractivity contribution in [1.29, 1.82) is 0 Å². The van der Waals surface area contributed by atoms with Crippen LogP contribution in [0.5, 0.6) is 0 Å². The third kappa shape index (κ3) is 8.19. The van der Waals surface area contributed by atoms with E-state index in [4.69, 9.17) is 22.7 Å². The summed E-state index contributed by atoms with van der Waals surface area (Å²) in [6.07, 6.45) is 3.02. The molecular weight excluding hydrogens is 182 g/mol. The first-order valence-electron chi connectivity index (χ1n) is 4.96. The second kappa shape index (κ2) is 7.27. The van der Waals surface area contributed by atoms with Crippen molar-refractivity contribution in [2.45, 2.75) is 46.1 Å². The Labute approximate surface area is 86.8 Å². The number of ether oxygens (including phenoxy) is 1. The summed E-state index contributed by atoms with van der Waals surface area (Å²) in [5.74, 6) is 0.697. The molecule has 78 valence electrons. The Bertz CT molecular complexity index is 148. The zero-order chi connectivity index (χ0) is 10.3. The van der Waals surface area contributed by atoms with Gasteiger partial charge in [-0.25, -0.2) is 0 Å². The molecule has 0 radical (unpaired) electrons. The molecule has 2 N–H and O–H groups in total. The lowest BCUT2D eigenvalue weighted by Gasteiger charge is -2.15. The minimum Gasteiger partial charge on any atom is -0.393 e. The normalized spacial score (nSPS) is 13.2. The Morgan fingerprint density at radius 1 is 1.46 bits per heavy atom. The van der Waals surface area contributed by atoms with Crippen LogP contribution < -0.4 is 5.73 Å². The van der Waals surface area contributed by atoms with Gasteiger partial charge >= 0.3 is 0 Å². The number of nitrogens with two attached hydrogens (primary N) is 1. The van der Waals surface area contributed by atoms with Gasteiger partial charge in [-0.15, -0.1) is 0 Å². The zero-order valence-corrected chi connectivity index (χ0v) is 9.69. The minimum absolute atomic E-state index is 0.219. The van der Waals surface area contributed by atoms with E-state index in [1.54, 1.807) is 0 Å². The Morgan fingerprint density at radius 2 is 2.08 bits per heavy atom. The van der Waals surface area contributed by atoms with Crippen LogP contribution in [0.15, 0.2) is 0 Å². The maximum absolute atomic E-state index is 5.65. The van der Waals surface area contributed by atoms with E-state index in [9.17, 15) is 0 Å². The quantitative estimate of drug-likeness (QED) is 0.646. The molecule has 0 aromatic carbocycles. The van der Waals surface area contributed by atoms with Crippen LogP contribution in [-0.4, -0.2) is 17.7 Å². The average molecular weight is 203 g/mol. The van der Waals surface area contributed by atoms with Crippen molar-refractivity contribution in [3.63, 3.8) is 0 Å². The Balaban J connectivity index is 3.53. The highest BCUT2D eigenvalue weighted by atomic mass is 32.1. The van der Waals surface area contributed by atoms with Crippen LogP contribution in [0, 0.1) is 5.92 Å². The van der Waals surface area contributed by atoms with Gasteiger partial charge in [0.2, 0.25) is 0 Å². The predicted octanol–water partition coefficient (Wildman–Crippen LogP) is 2.50. The highest BCUT2D eigenvalue weighted by molar-refractivity contribution is 7.80. The van der Waals surface area contributed by atoms with Gasteiger partial charge in [-0.3, -0.25) is 0 Å². The molecule has 0 aliphatic rings. The summed E-state index contributed by atoms with van der Waals surface area (Å²) in [5.41, 5.74) is 5.45. The van der Waals surface area contributed by atoms with Crippen molar-refractivity contribution >= 4 is 17.2 Å². The van der Waals surface area contributed by atoms with Crippen LogP contribution >= 0.6 is 12.2 Å². The van der Waals surface area contributed by atoms with Gasteiger partial charge in [0.15, 0.2) is 0 Å². The molecule has 13 heavy (non-hydrogen) atoms. The summed E-state index contributed by atoms with van der Waals surface area (Å²) in [5, 5.41) is 0. The van der Waals surface area contributed by atoms with Crippen LogP contribution in [-0.2, 0) is 4.74 Å². The number of hydrogen-bond acceptors (Lipinski definition) is 2. The van der Waals surface area contributed by atoms with Gasteiger partial charge in [-0.1, -0.05) is 33.0 Å². The molecule has 2 nitrogen and oxygen atoms in total. The molecule has 0 aromatic rings. The fourth-order valence-corrected chi connectivity index (χ4v) is 1.20. The highest BCUT2D eigenvalue weighted by Gasteiger charge is 2.07. The van der Waals surface area contributed by atoms with Crippen molar-refractivity contribution in [2.75, 3.05) is 6.61 Å². The Morgan fingerprint density at radius 3 is 2.46 bits per heavy atom. The minimum atomic E-state index is 0.219. The van der Waals surface area contributed by atoms with Crippen LogP contribution in [0.25, 0.3) is 0 Å². The topological polar surface area (TPSA) is 35.2 Å². The standard InChI is InChI=1S/C10H21NOS/c1-4-9(7-10(11)13)12-6-5-8(2)3/h8-9H,4-7H2,1-3H3,(H2,11,13). The first kappa shape index (κ1) is 12.8. The SMILES string of the molecule is CCC(CC(N)=S)OCCC(C)C. The Kier molecular flexibility index (Phi) is 7.19. The predicted molar refractivity (Wildman–Crippen MR) is 60.9 cm³/mol. The molecule has 0 saturated heterocycles. The van der Waals surface area contributed by atoms with E-state index >= 15 is 0 Å². The molecule has 0 bridgehead atoms. The molecule has 1 unspecified atom stereocenters. The molecule has 0 aromatic heterocycles. The van der Waals surface area contributed by atoms with Gasteiger partial charge in [0, 0.05) is 13.0 Å². The van der Waals surface area contributed by atoms with E-state index in [-0.39, 0.29) is 6.10 Å². The van der Waals surface area contributed by atoms with Crippen LogP contribution in [0.2, 0.25) is 0 Å². The largest absolute Gasteiger partial charge is 0.393 e. The third-order valence-corrected chi connectivity index (χ3v) is 2.10. The molecule has 0 rings (SSSR count). The second-order valence-corrected chi connectivity index (χ2v) is 4.28. The van der Waals surface area contributed by atoms with E-state index < -0.39 is 0 Å². The van der Waals surface area contributed by atoms with Crippen molar-refractivity contribution in [2.24, 2.45) is 11.7 Å². The lowest BCUT2D eigenvalue weighted by atomic mass is 10.1. The van der Waals surface area contributed by atoms with Crippen molar-refractivity contribution < 1.29 is 4.74 Å². The van der Waals surface area contributed by atoms with Crippen molar-refractivity contribution in [1.82, 2.24) is 0 Å². The molecule has 0 aliphatic heterocycles. The van der Waals surface area contributed by atoms with Crippen LogP contribution in [0.3, 0.4) is 0 Å². The summed E-state index contributed by atoms with van der Waals surface area (Å²) >= 11 is 4.84. The molecule has 0 amide bonds. The Hall–Kier alpha value is -0.150. The summed E-state index contributed by atoms with van der Waals surface area (Å²) in [6, 6.07) is 0. The summed E-state index contributed by atoms with van der Waals surface area (Å²) in [7, 11) is 0. The van der Waals surface area contributed by atoms with Gasteiger partial charge in [0.1, 0.15) is 0 Å². The molecule has 3 heteroatoms. The van der Waals surface area contributed by atoms with Crippen LogP contribution in [0.1, 0.15) is 40.0 Å². The van der Waals surface area contributed by atoms with E-state index in [2.05, 4.69) is 20.8 Å². The summed E-state index contributed by atoms with van der Waals surface area (Å²) < 4.78 is 5.65. The summed E-state index contributed by atoms with van der Waals surface area (Å²) in [4.78, 5) is 0.552. The fraction of sp³-hybridized carbons (Fsp3) is 0.900. The smallest absolute Gasteiger partial charge is 0.0753 e. The molecule has 0 aliphatic carbocycles. The van der Waals surface area contributed by atoms with E-state index in [0.717, 1.165) is 19.4 Å². The van der Waals surface area contributed by atoms with E-state index in [0.29, 0.717) is 17.3 Å². The number of thiocarbonyl (C=S) groups is 1. The van der Waals surface area contributed by atoms with Crippen molar-refractivity contribution in [3.8, 4) is 0 Å². The lowest BCUT2D eigenvalue weighted by molar-refractivity contribution is 0.0491. The van der Waals surface area contributed by atoms with Crippen molar-refractivity contribution in [3.05, 3.63) is 0 Å². The summed E-state index contributed by atoms with van der Waals surface area (Å²) in [6.45, 7) is 7.30. The van der Waals surface area contributed by atoms with E-state index in [1.165, 1.54) is 0 Å². The van der Waals surface area contributed by atoms with E-state index in [1.807, 2.05) is 0 Å². The fourth-order valence-electron chi connectivity index (χ4n) is 1.02. The highest BCUT2D eigenvalue weighted by Crippen LogP contribution is 2.07. The maximum atomic E-state index is 5.65. The molecule has 0 fully saturated rings. The molecule has 0 saturated carbocycles. The molecule has 0 heterocycles. The average Bonchev–Trinajstić information content (AvgIpc) is 2.01. The molecule has 1 atom stereocenters. The van der Waals surface area contributed by atoms with Gasteiger partial charge in [-0.05, 0) is 18.8 Å². The van der Waals surface area contributed by atoms with Gasteiger partial charge in [-0.2, -0.15) is 0 Å². The maximum Gasteiger partial charge on any atom is 0.0753 e. The zero-order valence-electron chi connectivity index (χ0n) is 8.88. The first-order chi connectivity index (χ1) is 6.06. The number of rotatable bonds is 7. The molecular formula is C10H21NOS. The monoisotopic (exact) mass is 203 g/mol. The van der Waals surface area contributed by atoms with Crippen LogP contribution in [0.4, 0.5) is 0 Å².